The van der Waals surface area contributed by atoms with E-state index in [9.17, 15) is 22.4 Å². The molecular weight excluding hydrogens is 452 g/mol. The van der Waals surface area contributed by atoms with Crippen LogP contribution in [0.25, 0.3) is 22.6 Å². The van der Waals surface area contributed by atoms with Crippen molar-refractivity contribution in [2.45, 2.75) is 26.2 Å². The first kappa shape index (κ1) is 23.3. The molecule has 5 nitrogen and oxygen atoms in total. The molecule has 176 valence electrons. The quantitative estimate of drug-likeness (QED) is 0.268. The highest BCUT2D eigenvalue weighted by Gasteiger charge is 2.30. The van der Waals surface area contributed by atoms with Crippen LogP contribution in [-0.4, -0.2) is 18.0 Å². The first-order valence-corrected chi connectivity index (χ1v) is 10.2. The average Bonchev–Trinajstić information content (AvgIpc) is 3.21. The van der Waals surface area contributed by atoms with Crippen molar-refractivity contribution in [3.63, 3.8) is 0 Å². The number of carbonyl (C=O) groups is 1. The second-order valence-corrected chi connectivity index (χ2v) is 8.65. The summed E-state index contributed by atoms with van der Waals surface area (Å²) in [6.45, 7) is 6.30. The van der Waals surface area contributed by atoms with Crippen molar-refractivity contribution in [1.82, 2.24) is 4.98 Å². The predicted octanol–water partition coefficient (Wildman–Crippen LogP) is 6.61. The van der Waals surface area contributed by atoms with Gasteiger partial charge in [0.1, 0.15) is 11.1 Å². The van der Waals surface area contributed by atoms with E-state index in [0.29, 0.717) is 17.0 Å². The number of methoxy groups -OCH3 is 1. The first-order chi connectivity index (χ1) is 16.0. The van der Waals surface area contributed by atoms with Gasteiger partial charge in [0.15, 0.2) is 23.0 Å². The van der Waals surface area contributed by atoms with Crippen molar-refractivity contribution >= 4 is 22.7 Å². The van der Waals surface area contributed by atoms with E-state index in [-0.39, 0.29) is 11.1 Å². The Morgan fingerprint density at radius 3 is 2.12 bits per heavy atom. The molecule has 9 heteroatoms. The predicted molar refractivity (Wildman–Crippen MR) is 119 cm³/mol. The third kappa shape index (κ3) is 4.09. The summed E-state index contributed by atoms with van der Waals surface area (Å²) in [4.78, 5) is 16.8. The lowest BCUT2D eigenvalue weighted by molar-refractivity contribution is 0.101. The van der Waals surface area contributed by atoms with Gasteiger partial charge < -0.3 is 14.5 Å². The molecule has 4 rings (SSSR count). The summed E-state index contributed by atoms with van der Waals surface area (Å²) in [5.41, 5.74) is 1.33. The molecule has 1 N–H and O–H groups in total. The molecule has 0 fully saturated rings. The van der Waals surface area contributed by atoms with Gasteiger partial charge in [-0.25, -0.2) is 13.8 Å². The number of benzene rings is 3. The summed E-state index contributed by atoms with van der Waals surface area (Å²) in [5.74, 6) is -9.63. The molecular formula is C25H20F4N2O3. The Morgan fingerprint density at radius 1 is 0.941 bits per heavy atom. The van der Waals surface area contributed by atoms with Crippen LogP contribution in [0.15, 0.2) is 46.9 Å². The molecule has 4 aromatic rings. The van der Waals surface area contributed by atoms with Crippen LogP contribution in [0.4, 0.5) is 23.2 Å². The van der Waals surface area contributed by atoms with Crippen LogP contribution < -0.4 is 10.1 Å². The lowest BCUT2D eigenvalue weighted by Gasteiger charge is -2.18. The van der Waals surface area contributed by atoms with Crippen molar-refractivity contribution in [3.05, 3.63) is 76.9 Å². The lowest BCUT2D eigenvalue weighted by atomic mass is 9.87. The van der Waals surface area contributed by atoms with Gasteiger partial charge in [0.25, 0.3) is 5.91 Å². The van der Waals surface area contributed by atoms with E-state index >= 15 is 0 Å². The van der Waals surface area contributed by atoms with E-state index in [1.807, 2.05) is 24.3 Å². The fourth-order valence-electron chi connectivity index (χ4n) is 3.43. The van der Waals surface area contributed by atoms with Crippen LogP contribution >= 0.6 is 0 Å². The van der Waals surface area contributed by atoms with Crippen LogP contribution in [0.1, 0.15) is 36.7 Å². The number of hydrogen-bond donors (Lipinski definition) is 1. The molecule has 0 aliphatic rings. The van der Waals surface area contributed by atoms with Gasteiger partial charge in [-0.3, -0.25) is 4.79 Å². The molecule has 1 aromatic heterocycles. The maximum absolute atomic E-state index is 14.2. The van der Waals surface area contributed by atoms with Gasteiger partial charge >= 0.3 is 0 Å². The van der Waals surface area contributed by atoms with Crippen LogP contribution in [0.5, 0.6) is 5.75 Å². The van der Waals surface area contributed by atoms with E-state index in [0.717, 1.165) is 18.2 Å². The van der Waals surface area contributed by atoms with Gasteiger partial charge in [0, 0.05) is 11.3 Å². The maximum Gasteiger partial charge on any atom is 0.261 e. The molecule has 34 heavy (non-hydrogen) atoms. The Balaban J connectivity index is 1.63. The average molecular weight is 472 g/mol. The van der Waals surface area contributed by atoms with Crippen LogP contribution in [0, 0.1) is 23.3 Å². The fraction of sp³-hybridized carbons (Fsp3) is 0.200. The number of anilines is 1. The van der Waals surface area contributed by atoms with Gasteiger partial charge in [-0.05, 0) is 41.3 Å². The number of nitrogens with one attached hydrogen (secondary N) is 1. The van der Waals surface area contributed by atoms with Crippen LogP contribution in [0.2, 0.25) is 0 Å². The summed E-state index contributed by atoms with van der Waals surface area (Å²) in [7, 11) is 0.848. The fourth-order valence-corrected chi connectivity index (χ4v) is 3.43. The third-order valence-corrected chi connectivity index (χ3v) is 5.30. The van der Waals surface area contributed by atoms with E-state index in [1.165, 1.54) is 18.2 Å². The molecule has 1 heterocycles. The topological polar surface area (TPSA) is 64.4 Å². The highest BCUT2D eigenvalue weighted by atomic mass is 19.2. The van der Waals surface area contributed by atoms with Crippen LogP contribution in [0.3, 0.4) is 0 Å². The van der Waals surface area contributed by atoms with Crippen LogP contribution in [-0.2, 0) is 5.41 Å². The number of hydrogen-bond acceptors (Lipinski definition) is 4. The molecule has 0 saturated heterocycles. The Bertz CT molecular complexity index is 1380. The number of halogens is 4. The minimum Gasteiger partial charge on any atom is -0.491 e. The molecule has 3 aromatic carbocycles. The van der Waals surface area contributed by atoms with Gasteiger partial charge in [-0.1, -0.05) is 32.9 Å². The number of ether oxygens (including phenoxy) is 1. The van der Waals surface area contributed by atoms with Gasteiger partial charge in [-0.15, -0.1) is 0 Å². The van der Waals surface area contributed by atoms with Crippen molar-refractivity contribution in [2.24, 2.45) is 0 Å². The number of oxazole rings is 1. The molecule has 0 bridgehead atoms. The third-order valence-electron chi connectivity index (χ3n) is 5.30. The van der Waals surface area contributed by atoms with Crippen molar-refractivity contribution < 1.29 is 31.5 Å². The van der Waals surface area contributed by atoms with Gasteiger partial charge in [-0.2, -0.15) is 8.78 Å². The number of rotatable bonds is 4. The molecule has 1 amide bonds. The zero-order valence-corrected chi connectivity index (χ0v) is 18.7. The van der Waals surface area contributed by atoms with Gasteiger partial charge in [0.05, 0.1) is 7.11 Å². The van der Waals surface area contributed by atoms with E-state index in [4.69, 9.17) is 4.42 Å². The van der Waals surface area contributed by atoms with E-state index in [2.05, 4.69) is 35.8 Å². The van der Waals surface area contributed by atoms with Crippen molar-refractivity contribution in [2.75, 3.05) is 12.4 Å². The van der Waals surface area contributed by atoms with Crippen molar-refractivity contribution in [1.29, 1.82) is 0 Å². The monoisotopic (exact) mass is 472 g/mol. The number of aromatic nitrogens is 1. The number of fused-ring (bicyclic) bond motifs is 1. The smallest absolute Gasteiger partial charge is 0.261 e. The molecule has 0 radical (unpaired) electrons. The molecule has 0 spiro atoms. The van der Waals surface area contributed by atoms with Gasteiger partial charge in [0.2, 0.25) is 17.5 Å². The maximum atomic E-state index is 14.2. The first-order valence-electron chi connectivity index (χ1n) is 10.2. The Labute approximate surface area is 192 Å². The van der Waals surface area contributed by atoms with E-state index in [1.54, 1.807) is 0 Å². The Morgan fingerprint density at radius 2 is 1.56 bits per heavy atom. The summed E-state index contributed by atoms with van der Waals surface area (Å²) in [6, 6.07) is 12.0. The zero-order valence-electron chi connectivity index (χ0n) is 18.7. The van der Waals surface area contributed by atoms with E-state index < -0.39 is 40.5 Å². The highest BCUT2D eigenvalue weighted by molar-refractivity contribution is 6.05. The minimum absolute atomic E-state index is 0.0123. The molecule has 0 aliphatic carbocycles. The molecule has 0 unspecified atom stereocenters. The summed E-state index contributed by atoms with van der Waals surface area (Å²) in [6.07, 6.45) is 0. The number of carbonyl (C=O) groups excluding carboxylic acids is 1. The highest BCUT2D eigenvalue weighted by Crippen LogP contribution is 2.32. The Hall–Kier alpha value is -3.88. The number of nitrogens with zero attached hydrogens (tertiary/aromatic N) is 1. The SMILES string of the molecule is COc1c(F)c(F)c(C(=O)Nc2ccc3oc(-c4ccc(C(C)(C)C)cc4)nc3c2)c(F)c1F. The molecule has 0 atom stereocenters. The second-order valence-electron chi connectivity index (χ2n) is 8.65. The minimum atomic E-state index is -1.86. The van der Waals surface area contributed by atoms with Crippen molar-refractivity contribution in [3.8, 4) is 17.2 Å². The standard InChI is InChI=1S/C25H20F4N2O3/c1-25(2,3)13-7-5-12(6-8-13)24-31-15-11-14(9-10-16(15)34-24)30-23(32)17-18(26)20(28)22(33-4)21(29)19(17)27/h5-11H,1-4H3,(H,30,32). The second kappa shape index (κ2) is 8.48. The Kier molecular flexibility index (Phi) is 5.80. The summed E-state index contributed by atoms with van der Waals surface area (Å²) >= 11 is 0. The normalized spacial score (nSPS) is 11.6. The largest absolute Gasteiger partial charge is 0.491 e. The molecule has 0 aliphatic heterocycles. The summed E-state index contributed by atoms with van der Waals surface area (Å²) in [5, 5.41) is 2.22. The zero-order chi connectivity index (χ0) is 24.8. The summed E-state index contributed by atoms with van der Waals surface area (Å²) < 4.78 is 66.5. The lowest BCUT2D eigenvalue weighted by Crippen LogP contribution is -2.18. The molecule has 0 saturated carbocycles. The number of amides is 1.